The van der Waals surface area contributed by atoms with Gasteiger partial charge in [-0.2, -0.15) is 0 Å². The minimum absolute atomic E-state index is 0.829. The molecular weight excluding hydrogens is 232 g/mol. The summed E-state index contributed by atoms with van der Waals surface area (Å²) in [6.45, 7) is 10.1. The molecule has 1 aromatic carbocycles. The summed E-state index contributed by atoms with van der Waals surface area (Å²) in [5.74, 6) is 0. The van der Waals surface area contributed by atoms with Crippen LogP contribution in [-0.4, -0.2) is 37.6 Å². The molecule has 2 nitrogen and oxygen atoms in total. The molecule has 106 valence electrons. The van der Waals surface area contributed by atoms with Crippen molar-refractivity contribution in [2.45, 2.75) is 46.1 Å². The first-order valence-corrected chi connectivity index (χ1v) is 7.55. The first kappa shape index (κ1) is 14.5. The maximum Gasteiger partial charge on any atom is 0.0104 e. The van der Waals surface area contributed by atoms with Crippen LogP contribution < -0.4 is 5.32 Å². The quantitative estimate of drug-likeness (QED) is 0.811. The number of likely N-dealkylation sites (N-methyl/N-ethyl adjacent to an activating group) is 1. The number of nitrogens with one attached hydrogen (secondary N) is 1. The zero-order valence-electron chi connectivity index (χ0n) is 12.9. The van der Waals surface area contributed by atoms with Gasteiger partial charge in [-0.05, 0) is 63.8 Å². The standard InChI is InChI=1S/C17H28N2/c1-13-11-14(2)17(15(3)12-13)7-9-19(4)10-8-18-16-5-6-16/h11-12,16,18H,5-10H2,1-4H3. The molecule has 1 aliphatic rings. The van der Waals surface area contributed by atoms with E-state index in [-0.39, 0.29) is 0 Å². The van der Waals surface area contributed by atoms with Crippen molar-refractivity contribution >= 4 is 0 Å². The van der Waals surface area contributed by atoms with E-state index < -0.39 is 0 Å². The van der Waals surface area contributed by atoms with Crippen LogP contribution in [0.25, 0.3) is 0 Å². The number of rotatable bonds is 7. The van der Waals surface area contributed by atoms with Gasteiger partial charge in [0.2, 0.25) is 0 Å². The van der Waals surface area contributed by atoms with Crippen molar-refractivity contribution < 1.29 is 0 Å². The predicted molar refractivity (Wildman–Crippen MR) is 82.9 cm³/mol. The summed E-state index contributed by atoms with van der Waals surface area (Å²) in [7, 11) is 2.23. The molecular formula is C17H28N2. The first-order chi connectivity index (χ1) is 9.06. The van der Waals surface area contributed by atoms with Crippen LogP contribution in [0.3, 0.4) is 0 Å². The summed E-state index contributed by atoms with van der Waals surface area (Å²) in [5.41, 5.74) is 5.80. The van der Waals surface area contributed by atoms with Crippen LogP contribution in [0.1, 0.15) is 35.1 Å². The van der Waals surface area contributed by atoms with Gasteiger partial charge in [0.25, 0.3) is 0 Å². The Morgan fingerprint density at radius 1 is 1.11 bits per heavy atom. The summed E-state index contributed by atoms with van der Waals surface area (Å²) in [6, 6.07) is 5.43. The van der Waals surface area contributed by atoms with E-state index >= 15 is 0 Å². The minimum Gasteiger partial charge on any atom is -0.313 e. The third-order valence-electron chi connectivity index (χ3n) is 4.09. The van der Waals surface area contributed by atoms with E-state index in [4.69, 9.17) is 0 Å². The molecule has 0 bridgehead atoms. The van der Waals surface area contributed by atoms with Gasteiger partial charge in [0.1, 0.15) is 0 Å². The fourth-order valence-electron chi connectivity index (χ4n) is 2.77. The van der Waals surface area contributed by atoms with Crippen LogP contribution in [0.4, 0.5) is 0 Å². The van der Waals surface area contributed by atoms with Gasteiger partial charge in [-0.15, -0.1) is 0 Å². The molecule has 0 amide bonds. The van der Waals surface area contributed by atoms with E-state index in [1.165, 1.54) is 35.1 Å². The average molecular weight is 260 g/mol. The largest absolute Gasteiger partial charge is 0.313 e. The Labute approximate surface area is 118 Å². The summed E-state index contributed by atoms with van der Waals surface area (Å²) >= 11 is 0. The van der Waals surface area contributed by atoms with Crippen molar-refractivity contribution in [3.63, 3.8) is 0 Å². The third-order valence-corrected chi connectivity index (χ3v) is 4.09. The lowest BCUT2D eigenvalue weighted by Crippen LogP contribution is -2.31. The summed E-state index contributed by atoms with van der Waals surface area (Å²) in [5, 5.41) is 3.57. The van der Waals surface area contributed by atoms with E-state index in [1.807, 2.05) is 0 Å². The van der Waals surface area contributed by atoms with E-state index in [0.717, 1.165) is 32.1 Å². The Morgan fingerprint density at radius 2 is 1.74 bits per heavy atom. The fourth-order valence-corrected chi connectivity index (χ4v) is 2.77. The highest BCUT2D eigenvalue weighted by molar-refractivity contribution is 5.37. The van der Waals surface area contributed by atoms with Gasteiger partial charge in [0.15, 0.2) is 0 Å². The zero-order valence-corrected chi connectivity index (χ0v) is 12.9. The Kier molecular flexibility index (Phi) is 5.00. The number of aryl methyl sites for hydroxylation is 3. The van der Waals surface area contributed by atoms with Crippen LogP contribution in [0.15, 0.2) is 12.1 Å². The van der Waals surface area contributed by atoms with Crippen molar-refractivity contribution in [1.82, 2.24) is 10.2 Å². The lowest BCUT2D eigenvalue weighted by Gasteiger charge is -2.19. The molecule has 0 unspecified atom stereocenters. The molecule has 1 aliphatic carbocycles. The van der Waals surface area contributed by atoms with Crippen LogP contribution >= 0.6 is 0 Å². The van der Waals surface area contributed by atoms with Crippen molar-refractivity contribution in [3.05, 3.63) is 34.4 Å². The van der Waals surface area contributed by atoms with E-state index in [2.05, 4.69) is 50.2 Å². The molecule has 1 aromatic rings. The minimum atomic E-state index is 0.829. The molecule has 0 aromatic heterocycles. The second-order valence-electron chi connectivity index (χ2n) is 6.16. The maximum atomic E-state index is 3.57. The monoisotopic (exact) mass is 260 g/mol. The van der Waals surface area contributed by atoms with Gasteiger partial charge < -0.3 is 10.2 Å². The molecule has 1 saturated carbocycles. The van der Waals surface area contributed by atoms with Gasteiger partial charge in [0, 0.05) is 25.7 Å². The van der Waals surface area contributed by atoms with Gasteiger partial charge in [0.05, 0.1) is 0 Å². The number of nitrogens with zero attached hydrogens (tertiary/aromatic N) is 1. The van der Waals surface area contributed by atoms with Crippen molar-refractivity contribution in [2.75, 3.05) is 26.7 Å². The molecule has 2 heteroatoms. The average Bonchev–Trinajstić information content (AvgIpc) is 3.11. The van der Waals surface area contributed by atoms with Crippen LogP contribution in [0.5, 0.6) is 0 Å². The maximum absolute atomic E-state index is 3.57. The molecule has 0 aliphatic heterocycles. The molecule has 0 saturated heterocycles. The van der Waals surface area contributed by atoms with Gasteiger partial charge in [-0.3, -0.25) is 0 Å². The highest BCUT2D eigenvalue weighted by Crippen LogP contribution is 2.18. The zero-order chi connectivity index (χ0) is 13.8. The predicted octanol–water partition coefficient (Wildman–Crippen LogP) is 2.84. The molecule has 0 heterocycles. The van der Waals surface area contributed by atoms with Crippen molar-refractivity contribution in [1.29, 1.82) is 0 Å². The smallest absolute Gasteiger partial charge is 0.0104 e. The number of benzene rings is 1. The molecule has 2 rings (SSSR count). The molecule has 0 spiro atoms. The van der Waals surface area contributed by atoms with Crippen LogP contribution in [0.2, 0.25) is 0 Å². The lowest BCUT2D eigenvalue weighted by molar-refractivity contribution is 0.335. The Hall–Kier alpha value is -0.860. The highest BCUT2D eigenvalue weighted by Gasteiger charge is 2.19. The molecule has 1 fully saturated rings. The van der Waals surface area contributed by atoms with Gasteiger partial charge in [-0.1, -0.05) is 17.7 Å². The summed E-state index contributed by atoms with van der Waals surface area (Å²) in [4.78, 5) is 2.44. The van der Waals surface area contributed by atoms with Crippen LogP contribution in [0, 0.1) is 20.8 Å². The second kappa shape index (κ2) is 6.53. The molecule has 1 N–H and O–H groups in total. The van der Waals surface area contributed by atoms with Gasteiger partial charge in [-0.25, -0.2) is 0 Å². The van der Waals surface area contributed by atoms with E-state index in [9.17, 15) is 0 Å². The fraction of sp³-hybridized carbons (Fsp3) is 0.647. The first-order valence-electron chi connectivity index (χ1n) is 7.55. The third kappa shape index (κ3) is 4.63. The highest BCUT2D eigenvalue weighted by atomic mass is 15.1. The molecule has 19 heavy (non-hydrogen) atoms. The van der Waals surface area contributed by atoms with Crippen LogP contribution in [-0.2, 0) is 6.42 Å². The number of hydrogen-bond acceptors (Lipinski definition) is 2. The number of hydrogen-bond donors (Lipinski definition) is 1. The summed E-state index contributed by atoms with van der Waals surface area (Å²) < 4.78 is 0. The topological polar surface area (TPSA) is 15.3 Å². The summed E-state index contributed by atoms with van der Waals surface area (Å²) in [6.07, 6.45) is 3.93. The lowest BCUT2D eigenvalue weighted by atomic mass is 9.97. The second-order valence-corrected chi connectivity index (χ2v) is 6.16. The SMILES string of the molecule is Cc1cc(C)c(CCN(C)CCNC2CC2)c(C)c1. The van der Waals surface area contributed by atoms with Gasteiger partial charge >= 0.3 is 0 Å². The molecule has 0 radical (unpaired) electrons. The molecule has 0 atom stereocenters. The van der Waals surface area contributed by atoms with Crippen molar-refractivity contribution in [3.8, 4) is 0 Å². The Morgan fingerprint density at radius 3 is 2.32 bits per heavy atom. The Balaban J connectivity index is 1.77. The van der Waals surface area contributed by atoms with E-state index in [0.29, 0.717) is 0 Å². The van der Waals surface area contributed by atoms with Crippen molar-refractivity contribution in [2.24, 2.45) is 0 Å². The normalized spacial score (nSPS) is 15.2. The van der Waals surface area contributed by atoms with E-state index in [1.54, 1.807) is 0 Å². The Bertz CT molecular complexity index is 398.